The summed E-state index contributed by atoms with van der Waals surface area (Å²) in [5.74, 6) is 1.09. The van der Waals surface area contributed by atoms with Crippen molar-refractivity contribution >= 4 is 21.5 Å². The Labute approximate surface area is 180 Å². The molecule has 0 fully saturated rings. The minimum atomic E-state index is 0.142. The molecule has 1 aromatic heterocycles. The molecule has 0 amide bonds. The number of para-hydroxylation sites is 1. The van der Waals surface area contributed by atoms with Crippen molar-refractivity contribution in [2.24, 2.45) is 0 Å². The molecule has 5 rings (SSSR count). The first-order valence-electron chi connectivity index (χ1n) is 10.5. The third kappa shape index (κ3) is 3.57. The van der Waals surface area contributed by atoms with Crippen LogP contribution in [0.2, 0.25) is 0 Å². The van der Waals surface area contributed by atoms with E-state index in [0.29, 0.717) is 23.9 Å². The standard InChI is InChI=1S/C27H22N2O2/c1-2-15-31-25-17-23(28-27(29-25)22-13-7-8-14-24(22)30)26-20-11-5-3-9-18(20)16-19-10-4-6-12-21(19)26/h3-14,16-17,30H,2,15H2,1H3. The van der Waals surface area contributed by atoms with E-state index >= 15 is 0 Å². The van der Waals surface area contributed by atoms with Gasteiger partial charge in [0, 0.05) is 11.6 Å². The van der Waals surface area contributed by atoms with Gasteiger partial charge >= 0.3 is 0 Å². The molecular weight excluding hydrogens is 384 g/mol. The number of rotatable bonds is 5. The normalized spacial score (nSPS) is 11.1. The van der Waals surface area contributed by atoms with Gasteiger partial charge in [-0.1, -0.05) is 67.6 Å². The molecule has 0 aliphatic carbocycles. The van der Waals surface area contributed by atoms with Gasteiger partial charge in [0.1, 0.15) is 5.75 Å². The number of benzene rings is 4. The molecule has 4 heteroatoms. The first kappa shape index (κ1) is 19.1. The molecule has 0 spiro atoms. The largest absolute Gasteiger partial charge is 0.507 e. The highest BCUT2D eigenvalue weighted by Gasteiger charge is 2.16. The van der Waals surface area contributed by atoms with Gasteiger partial charge in [-0.3, -0.25) is 0 Å². The summed E-state index contributed by atoms with van der Waals surface area (Å²) in [6.07, 6.45) is 0.877. The number of fused-ring (bicyclic) bond motifs is 2. The van der Waals surface area contributed by atoms with Crippen LogP contribution in [0.5, 0.6) is 11.6 Å². The molecule has 0 saturated heterocycles. The van der Waals surface area contributed by atoms with E-state index in [1.807, 2.05) is 42.5 Å². The maximum Gasteiger partial charge on any atom is 0.217 e. The van der Waals surface area contributed by atoms with Gasteiger partial charge in [-0.2, -0.15) is 4.98 Å². The van der Waals surface area contributed by atoms with Gasteiger partial charge in [0.25, 0.3) is 0 Å². The fraction of sp³-hybridized carbons (Fsp3) is 0.111. The molecule has 4 nitrogen and oxygen atoms in total. The van der Waals surface area contributed by atoms with Crippen LogP contribution in [0, 0.1) is 0 Å². The second-order valence-electron chi connectivity index (χ2n) is 7.47. The van der Waals surface area contributed by atoms with Crippen LogP contribution >= 0.6 is 0 Å². The summed E-state index contributed by atoms with van der Waals surface area (Å²) < 4.78 is 5.91. The molecule has 1 N–H and O–H groups in total. The van der Waals surface area contributed by atoms with Gasteiger partial charge in [0.05, 0.1) is 17.9 Å². The van der Waals surface area contributed by atoms with E-state index in [2.05, 4.69) is 42.2 Å². The van der Waals surface area contributed by atoms with Crippen LogP contribution in [0.1, 0.15) is 13.3 Å². The van der Waals surface area contributed by atoms with E-state index in [4.69, 9.17) is 9.72 Å². The molecule has 31 heavy (non-hydrogen) atoms. The molecule has 4 aromatic carbocycles. The van der Waals surface area contributed by atoms with Crippen molar-refractivity contribution in [2.75, 3.05) is 6.61 Å². The fourth-order valence-corrected chi connectivity index (χ4v) is 3.91. The lowest BCUT2D eigenvalue weighted by molar-refractivity contribution is 0.305. The number of hydrogen-bond acceptors (Lipinski definition) is 4. The first-order chi connectivity index (χ1) is 15.2. The van der Waals surface area contributed by atoms with Crippen LogP contribution in [-0.4, -0.2) is 21.7 Å². The van der Waals surface area contributed by atoms with Gasteiger partial charge < -0.3 is 9.84 Å². The Bertz CT molecular complexity index is 1340. The average Bonchev–Trinajstić information content (AvgIpc) is 2.81. The minimum absolute atomic E-state index is 0.142. The predicted octanol–water partition coefficient (Wildman–Crippen LogP) is 6.61. The predicted molar refractivity (Wildman–Crippen MR) is 125 cm³/mol. The van der Waals surface area contributed by atoms with Crippen molar-refractivity contribution in [2.45, 2.75) is 13.3 Å². The van der Waals surface area contributed by atoms with Gasteiger partial charge in [-0.15, -0.1) is 0 Å². The smallest absolute Gasteiger partial charge is 0.217 e. The zero-order chi connectivity index (χ0) is 21.2. The zero-order valence-electron chi connectivity index (χ0n) is 17.2. The lowest BCUT2D eigenvalue weighted by Crippen LogP contribution is -2.01. The van der Waals surface area contributed by atoms with E-state index in [1.54, 1.807) is 12.1 Å². The molecule has 0 radical (unpaired) electrons. The van der Waals surface area contributed by atoms with Crippen LogP contribution in [0.4, 0.5) is 0 Å². The van der Waals surface area contributed by atoms with Crippen molar-refractivity contribution in [1.82, 2.24) is 9.97 Å². The van der Waals surface area contributed by atoms with Crippen molar-refractivity contribution in [1.29, 1.82) is 0 Å². The van der Waals surface area contributed by atoms with Crippen LogP contribution < -0.4 is 4.74 Å². The summed E-state index contributed by atoms with van der Waals surface area (Å²) >= 11 is 0. The van der Waals surface area contributed by atoms with E-state index < -0.39 is 0 Å². The molecular formula is C27H22N2O2. The van der Waals surface area contributed by atoms with Gasteiger partial charge in [0.15, 0.2) is 5.82 Å². The fourth-order valence-electron chi connectivity index (χ4n) is 3.91. The Morgan fingerprint density at radius 1 is 0.774 bits per heavy atom. The topological polar surface area (TPSA) is 55.2 Å². The minimum Gasteiger partial charge on any atom is -0.507 e. The molecule has 0 atom stereocenters. The van der Waals surface area contributed by atoms with Crippen molar-refractivity contribution < 1.29 is 9.84 Å². The maximum atomic E-state index is 10.4. The Morgan fingerprint density at radius 2 is 1.42 bits per heavy atom. The summed E-state index contributed by atoms with van der Waals surface area (Å²) in [5, 5.41) is 14.9. The summed E-state index contributed by atoms with van der Waals surface area (Å²) in [6.45, 7) is 2.62. The highest BCUT2D eigenvalue weighted by molar-refractivity contribution is 6.12. The number of nitrogens with zero attached hydrogens (tertiary/aromatic N) is 2. The number of aromatic hydroxyl groups is 1. The second-order valence-corrected chi connectivity index (χ2v) is 7.47. The molecule has 0 aliphatic rings. The SMILES string of the molecule is CCCOc1cc(-c2c3ccccc3cc3ccccc23)nc(-c2ccccc2O)n1. The average molecular weight is 406 g/mol. The van der Waals surface area contributed by atoms with Crippen LogP contribution in [-0.2, 0) is 0 Å². The number of phenols is 1. The van der Waals surface area contributed by atoms with Crippen molar-refractivity contribution in [3.05, 3.63) is 84.9 Å². The van der Waals surface area contributed by atoms with Crippen LogP contribution in [0.15, 0.2) is 84.9 Å². The van der Waals surface area contributed by atoms with Gasteiger partial charge in [0.2, 0.25) is 5.88 Å². The van der Waals surface area contributed by atoms with E-state index in [-0.39, 0.29) is 5.75 Å². The summed E-state index contributed by atoms with van der Waals surface area (Å²) in [5.41, 5.74) is 2.39. The monoisotopic (exact) mass is 406 g/mol. The third-order valence-electron chi connectivity index (χ3n) is 5.33. The second kappa shape index (κ2) is 8.07. The van der Waals surface area contributed by atoms with E-state index in [1.165, 1.54) is 0 Å². The highest BCUT2D eigenvalue weighted by Crippen LogP contribution is 2.38. The zero-order valence-corrected chi connectivity index (χ0v) is 17.2. The van der Waals surface area contributed by atoms with E-state index in [9.17, 15) is 5.11 Å². The molecule has 1 heterocycles. The molecule has 0 saturated carbocycles. The van der Waals surface area contributed by atoms with Gasteiger partial charge in [-0.05, 0) is 46.2 Å². The van der Waals surface area contributed by atoms with Crippen molar-refractivity contribution in [3.63, 3.8) is 0 Å². The van der Waals surface area contributed by atoms with Crippen LogP contribution in [0.25, 0.3) is 44.2 Å². The summed E-state index contributed by atoms with van der Waals surface area (Å²) in [6, 6.07) is 27.9. The Morgan fingerprint density at radius 3 is 2.10 bits per heavy atom. The molecule has 0 aliphatic heterocycles. The Kier molecular flexibility index (Phi) is 4.97. The first-order valence-corrected chi connectivity index (χ1v) is 10.5. The number of ether oxygens (including phenoxy) is 1. The number of phenolic OH excluding ortho intramolecular Hbond substituents is 1. The third-order valence-corrected chi connectivity index (χ3v) is 5.33. The lowest BCUT2D eigenvalue weighted by atomic mass is 9.94. The van der Waals surface area contributed by atoms with Crippen molar-refractivity contribution in [3.8, 4) is 34.3 Å². The van der Waals surface area contributed by atoms with E-state index in [0.717, 1.165) is 39.2 Å². The summed E-state index contributed by atoms with van der Waals surface area (Å²) in [7, 11) is 0. The van der Waals surface area contributed by atoms with Gasteiger partial charge in [-0.25, -0.2) is 4.98 Å². The molecule has 152 valence electrons. The Balaban J connectivity index is 1.83. The Hall–Kier alpha value is -3.92. The maximum absolute atomic E-state index is 10.4. The molecule has 5 aromatic rings. The lowest BCUT2D eigenvalue weighted by Gasteiger charge is -2.14. The molecule has 0 bridgehead atoms. The van der Waals surface area contributed by atoms with Crippen LogP contribution in [0.3, 0.4) is 0 Å². The summed E-state index contributed by atoms with van der Waals surface area (Å²) in [4.78, 5) is 9.49. The number of aromatic nitrogens is 2. The quantitative estimate of drug-likeness (QED) is 0.334. The highest BCUT2D eigenvalue weighted by atomic mass is 16.5. The molecule has 0 unspecified atom stereocenters. The number of hydrogen-bond donors (Lipinski definition) is 1.